The molecule has 9 nitrogen and oxygen atoms in total. The van der Waals surface area contributed by atoms with Crippen molar-refractivity contribution in [1.29, 1.82) is 0 Å². The number of rotatable bonds is 5. The van der Waals surface area contributed by atoms with Gasteiger partial charge in [-0.15, -0.1) is 10.2 Å². The third-order valence-electron chi connectivity index (χ3n) is 5.61. The van der Waals surface area contributed by atoms with E-state index in [4.69, 9.17) is 0 Å². The van der Waals surface area contributed by atoms with Crippen LogP contribution in [0.15, 0.2) is 42.7 Å². The van der Waals surface area contributed by atoms with E-state index in [1.807, 2.05) is 17.0 Å². The first kappa shape index (κ1) is 20.0. The Labute approximate surface area is 181 Å². The van der Waals surface area contributed by atoms with E-state index in [2.05, 4.69) is 25.8 Å². The molecular weight excluding hydrogens is 418 g/mol. The first-order valence-electron chi connectivity index (χ1n) is 10.2. The van der Waals surface area contributed by atoms with Gasteiger partial charge in [0.2, 0.25) is 0 Å². The Balaban J connectivity index is 1.42. The van der Waals surface area contributed by atoms with Crippen LogP contribution in [0.2, 0.25) is 0 Å². The van der Waals surface area contributed by atoms with Crippen molar-refractivity contribution in [3.8, 4) is 0 Å². The molecule has 1 atom stereocenters. The number of carbonyl (C=O) groups excluding carboxylic acids is 1. The van der Waals surface area contributed by atoms with Crippen molar-refractivity contribution < 1.29 is 13.6 Å². The first-order valence-corrected chi connectivity index (χ1v) is 10.2. The standard InChI is InChI=1S/C21H20F2N8O/c1-29-27-20(26-28-29)12-24-21(32)16-11-25-31-8-6-14(10-19(16)31)30-7-2-3-18(30)15-9-13(22)4-5-17(15)23/h4-6,8-11,18H,2-3,7,12H2,1H3,(H,24,32). The van der Waals surface area contributed by atoms with E-state index in [0.717, 1.165) is 24.2 Å². The van der Waals surface area contributed by atoms with Gasteiger partial charge in [-0.2, -0.15) is 9.90 Å². The van der Waals surface area contributed by atoms with Crippen LogP contribution in [0.3, 0.4) is 0 Å². The average Bonchev–Trinajstić information content (AvgIpc) is 3.52. The normalized spacial score (nSPS) is 16.1. The molecule has 4 aromatic rings. The molecule has 0 radical (unpaired) electrons. The van der Waals surface area contributed by atoms with Crippen LogP contribution in [-0.2, 0) is 13.6 Å². The third kappa shape index (κ3) is 3.66. The quantitative estimate of drug-likeness (QED) is 0.514. The minimum absolute atomic E-state index is 0.136. The summed E-state index contributed by atoms with van der Waals surface area (Å²) in [6, 6.07) is 6.97. The predicted molar refractivity (Wildman–Crippen MR) is 111 cm³/mol. The van der Waals surface area contributed by atoms with E-state index in [9.17, 15) is 13.6 Å². The van der Waals surface area contributed by atoms with E-state index >= 15 is 0 Å². The fourth-order valence-electron chi connectivity index (χ4n) is 4.14. The van der Waals surface area contributed by atoms with Crippen molar-refractivity contribution in [2.24, 2.45) is 7.05 Å². The number of tetrazole rings is 1. The molecule has 0 saturated carbocycles. The Morgan fingerprint density at radius 2 is 2.12 bits per heavy atom. The van der Waals surface area contributed by atoms with Gasteiger partial charge in [0.15, 0.2) is 5.82 Å². The number of hydrogen-bond acceptors (Lipinski definition) is 6. The summed E-state index contributed by atoms with van der Waals surface area (Å²) in [6.07, 6.45) is 4.81. The Morgan fingerprint density at radius 1 is 1.25 bits per heavy atom. The highest BCUT2D eigenvalue weighted by atomic mass is 19.1. The van der Waals surface area contributed by atoms with E-state index in [1.54, 1.807) is 17.8 Å². The van der Waals surface area contributed by atoms with Gasteiger partial charge in [0.25, 0.3) is 5.91 Å². The van der Waals surface area contributed by atoms with Gasteiger partial charge >= 0.3 is 0 Å². The Kier molecular flexibility index (Phi) is 5.00. The number of aryl methyl sites for hydroxylation is 1. The second-order valence-corrected chi connectivity index (χ2v) is 7.67. The number of nitrogens with zero attached hydrogens (tertiary/aromatic N) is 7. The summed E-state index contributed by atoms with van der Waals surface area (Å²) in [4.78, 5) is 16.1. The summed E-state index contributed by atoms with van der Waals surface area (Å²) in [5.41, 5.74) is 2.15. The summed E-state index contributed by atoms with van der Waals surface area (Å²) in [6.45, 7) is 0.835. The van der Waals surface area contributed by atoms with Crippen LogP contribution in [0.4, 0.5) is 14.5 Å². The minimum atomic E-state index is -0.462. The molecule has 5 rings (SSSR count). The van der Waals surface area contributed by atoms with E-state index in [-0.39, 0.29) is 18.5 Å². The maximum atomic E-state index is 14.4. The maximum absolute atomic E-state index is 14.4. The summed E-state index contributed by atoms with van der Waals surface area (Å²) in [7, 11) is 1.65. The SMILES string of the molecule is Cn1nnc(CNC(=O)c2cnn3ccc(N4CCCC4c4cc(F)ccc4F)cc23)n1. The first-order chi connectivity index (χ1) is 15.5. The maximum Gasteiger partial charge on any atom is 0.255 e. The van der Waals surface area contributed by atoms with Crippen LogP contribution in [0.5, 0.6) is 0 Å². The number of carbonyl (C=O) groups is 1. The van der Waals surface area contributed by atoms with Crippen molar-refractivity contribution in [2.75, 3.05) is 11.4 Å². The van der Waals surface area contributed by atoms with Gasteiger partial charge < -0.3 is 10.2 Å². The monoisotopic (exact) mass is 438 g/mol. The van der Waals surface area contributed by atoms with Gasteiger partial charge in [0.05, 0.1) is 36.9 Å². The summed E-state index contributed by atoms with van der Waals surface area (Å²) >= 11 is 0. The second-order valence-electron chi connectivity index (χ2n) is 7.67. The van der Waals surface area contributed by atoms with Crippen LogP contribution in [0, 0.1) is 11.6 Å². The molecule has 1 aliphatic rings. The van der Waals surface area contributed by atoms with Crippen molar-refractivity contribution in [1.82, 2.24) is 35.1 Å². The molecule has 4 heterocycles. The molecule has 3 aromatic heterocycles. The molecule has 1 aliphatic heterocycles. The minimum Gasteiger partial charge on any atom is -0.364 e. The molecule has 1 saturated heterocycles. The summed E-state index contributed by atoms with van der Waals surface area (Å²) in [5, 5.41) is 18.6. The van der Waals surface area contributed by atoms with Gasteiger partial charge in [-0.1, -0.05) is 0 Å². The van der Waals surface area contributed by atoms with Crippen LogP contribution >= 0.6 is 0 Å². The van der Waals surface area contributed by atoms with Gasteiger partial charge in [0, 0.05) is 24.0 Å². The van der Waals surface area contributed by atoms with Crippen molar-refractivity contribution >= 4 is 17.1 Å². The molecule has 1 unspecified atom stereocenters. The number of halogens is 2. The fourth-order valence-corrected chi connectivity index (χ4v) is 4.14. The molecule has 0 bridgehead atoms. The molecule has 1 N–H and O–H groups in total. The van der Waals surface area contributed by atoms with Crippen molar-refractivity contribution in [3.63, 3.8) is 0 Å². The Bertz CT molecular complexity index is 1300. The van der Waals surface area contributed by atoms with Gasteiger partial charge in [-0.3, -0.25) is 4.79 Å². The van der Waals surface area contributed by atoms with E-state index in [0.29, 0.717) is 35.4 Å². The zero-order valence-electron chi connectivity index (χ0n) is 17.2. The number of aromatic nitrogens is 6. The number of nitrogens with one attached hydrogen (secondary N) is 1. The molecule has 0 aliphatic carbocycles. The lowest BCUT2D eigenvalue weighted by Crippen LogP contribution is -2.24. The van der Waals surface area contributed by atoms with E-state index < -0.39 is 11.6 Å². The Morgan fingerprint density at radius 3 is 2.94 bits per heavy atom. The Hall–Kier alpha value is -3.89. The van der Waals surface area contributed by atoms with Gasteiger partial charge in [0.1, 0.15) is 11.6 Å². The van der Waals surface area contributed by atoms with Crippen molar-refractivity contribution in [3.05, 3.63) is 71.3 Å². The lowest BCUT2D eigenvalue weighted by Gasteiger charge is -2.27. The highest BCUT2D eigenvalue weighted by Gasteiger charge is 2.29. The second kappa shape index (κ2) is 7.98. The van der Waals surface area contributed by atoms with Crippen molar-refractivity contribution in [2.45, 2.75) is 25.4 Å². The molecule has 0 spiro atoms. The van der Waals surface area contributed by atoms with Gasteiger partial charge in [-0.05, 0) is 48.4 Å². The molecular formula is C21H20F2N8O. The van der Waals surface area contributed by atoms with E-state index in [1.165, 1.54) is 17.1 Å². The predicted octanol–water partition coefficient (Wildman–Crippen LogP) is 2.41. The highest BCUT2D eigenvalue weighted by molar-refractivity contribution is 6.01. The number of pyridine rings is 1. The summed E-state index contributed by atoms with van der Waals surface area (Å²) < 4.78 is 29.8. The molecule has 1 aromatic carbocycles. The molecule has 11 heteroatoms. The highest BCUT2D eigenvalue weighted by Crippen LogP contribution is 2.38. The molecule has 1 amide bonds. The van der Waals surface area contributed by atoms with Crippen LogP contribution in [0.1, 0.15) is 40.6 Å². The number of benzene rings is 1. The topological polar surface area (TPSA) is 93.2 Å². The lowest BCUT2D eigenvalue weighted by molar-refractivity contribution is 0.0951. The lowest BCUT2D eigenvalue weighted by atomic mass is 10.0. The van der Waals surface area contributed by atoms with Crippen LogP contribution in [0.25, 0.3) is 5.52 Å². The largest absolute Gasteiger partial charge is 0.364 e. The average molecular weight is 438 g/mol. The molecule has 1 fully saturated rings. The number of hydrogen-bond donors (Lipinski definition) is 1. The van der Waals surface area contributed by atoms with Crippen LogP contribution < -0.4 is 10.2 Å². The third-order valence-corrected chi connectivity index (χ3v) is 5.61. The van der Waals surface area contributed by atoms with Gasteiger partial charge in [-0.25, -0.2) is 13.3 Å². The zero-order valence-corrected chi connectivity index (χ0v) is 17.2. The molecule has 32 heavy (non-hydrogen) atoms. The zero-order chi connectivity index (χ0) is 22.2. The number of fused-ring (bicyclic) bond motifs is 1. The molecule has 164 valence electrons. The number of amides is 1. The smallest absolute Gasteiger partial charge is 0.255 e. The number of anilines is 1. The fraction of sp³-hybridized carbons (Fsp3) is 0.286. The van der Waals surface area contributed by atoms with Crippen LogP contribution in [-0.4, -0.2) is 42.3 Å². The summed E-state index contributed by atoms with van der Waals surface area (Å²) in [5.74, 6) is -0.809.